The molecule has 74 heavy (non-hydrogen) atoms. The maximum atomic E-state index is 12.3. The van der Waals surface area contributed by atoms with Gasteiger partial charge in [-0.3, -0.25) is 28.8 Å². The molecule has 1 aliphatic carbocycles. The summed E-state index contributed by atoms with van der Waals surface area (Å²) in [6.07, 6.45) is 10.0. The highest BCUT2D eigenvalue weighted by atomic mass is 16.6. The highest BCUT2D eigenvalue weighted by Gasteiger charge is 2.16. The van der Waals surface area contributed by atoms with Crippen molar-refractivity contribution >= 4 is 58.2 Å². The molecule has 1 aromatic carbocycles. The maximum absolute atomic E-state index is 12.3. The number of aromatic nitrogens is 3. The molecule has 1 atom stereocenters. The molecule has 0 fully saturated rings. The lowest BCUT2D eigenvalue weighted by molar-refractivity contribution is -0.129. The van der Waals surface area contributed by atoms with E-state index in [9.17, 15) is 28.8 Å². The number of fused-ring (bicyclic) bond motifs is 1. The molecule has 1 unspecified atom stereocenters. The third-order valence-corrected chi connectivity index (χ3v) is 10.9. The summed E-state index contributed by atoms with van der Waals surface area (Å²) < 4.78 is 40.7. The Bertz CT molecular complexity index is 2270. The Labute approximate surface area is 432 Å². The van der Waals surface area contributed by atoms with E-state index in [-0.39, 0.29) is 70.6 Å². The summed E-state index contributed by atoms with van der Waals surface area (Å²) in [5.74, 6) is 4.69. The van der Waals surface area contributed by atoms with E-state index >= 15 is 0 Å². The van der Waals surface area contributed by atoms with E-state index in [4.69, 9.17) is 38.9 Å². The summed E-state index contributed by atoms with van der Waals surface area (Å²) >= 11 is 0. The van der Waals surface area contributed by atoms with Crippen LogP contribution in [0.3, 0.4) is 0 Å². The Balaban J connectivity index is 0.927. The Hall–Kier alpha value is -6.62. The molecule has 0 spiro atoms. The van der Waals surface area contributed by atoms with Gasteiger partial charge in [0.05, 0.1) is 105 Å². The van der Waals surface area contributed by atoms with Crippen molar-refractivity contribution in [3.8, 4) is 17.6 Å². The van der Waals surface area contributed by atoms with Crippen molar-refractivity contribution in [2.75, 3.05) is 124 Å². The highest BCUT2D eigenvalue weighted by Crippen LogP contribution is 2.27. The fourth-order valence-corrected chi connectivity index (χ4v) is 7.03. The number of nitrogens with zero attached hydrogens (tertiary/aromatic N) is 3. The van der Waals surface area contributed by atoms with Crippen LogP contribution in [0.5, 0.6) is 5.75 Å². The summed E-state index contributed by atoms with van der Waals surface area (Å²) in [6.45, 7) is 4.71. The summed E-state index contributed by atoms with van der Waals surface area (Å²) in [6, 6.07) is 7.61. The predicted molar refractivity (Wildman–Crippen MR) is 273 cm³/mol. The van der Waals surface area contributed by atoms with Crippen LogP contribution >= 0.6 is 0 Å². The van der Waals surface area contributed by atoms with Crippen LogP contribution in [0.2, 0.25) is 0 Å². The predicted octanol–water partition coefficient (Wildman–Crippen LogP) is 0.653. The van der Waals surface area contributed by atoms with Crippen LogP contribution in [-0.2, 0) is 70.3 Å². The van der Waals surface area contributed by atoms with E-state index in [0.29, 0.717) is 64.3 Å². The molecule has 3 aromatic rings. The topological polar surface area (TPSA) is 308 Å². The van der Waals surface area contributed by atoms with Gasteiger partial charge in [-0.15, -0.1) is 5.92 Å². The Kier molecular flexibility index (Phi) is 29.4. The molecule has 2 heterocycles. The normalized spacial score (nSPS) is 13.1. The number of amides is 6. The second kappa shape index (κ2) is 36.3. The molecule has 0 bridgehead atoms. The minimum Gasteiger partial charge on any atom is -0.496 e. The van der Waals surface area contributed by atoms with E-state index in [1.54, 1.807) is 7.11 Å². The largest absolute Gasteiger partial charge is 0.496 e. The molecule has 24 heteroatoms. The molecule has 0 saturated heterocycles. The van der Waals surface area contributed by atoms with Gasteiger partial charge in [0.2, 0.25) is 41.4 Å². The molecular formula is C50H75N11O13. The van der Waals surface area contributed by atoms with Crippen molar-refractivity contribution in [2.24, 2.45) is 0 Å². The first kappa shape index (κ1) is 59.9. The molecule has 24 nitrogen and oxygen atoms in total. The number of methoxy groups -OCH3 is 1. The first-order valence-electron chi connectivity index (χ1n) is 25.2. The lowest BCUT2D eigenvalue weighted by Crippen LogP contribution is -2.45. The number of nitrogens with one attached hydrogen (secondary N) is 7. The molecule has 0 radical (unpaired) electrons. The molecule has 6 amide bonds. The zero-order valence-corrected chi connectivity index (χ0v) is 42.8. The second-order valence-electron chi connectivity index (χ2n) is 16.9. The number of rotatable bonds is 38. The zero-order valence-electron chi connectivity index (χ0n) is 42.8. The number of nitrogens with two attached hydrogens (primary N) is 1. The van der Waals surface area contributed by atoms with Crippen molar-refractivity contribution in [3.63, 3.8) is 0 Å². The van der Waals surface area contributed by atoms with E-state index in [0.717, 1.165) is 80.1 Å². The third-order valence-electron chi connectivity index (χ3n) is 10.9. The highest BCUT2D eigenvalue weighted by molar-refractivity contribution is 5.91. The minimum atomic E-state index is -0.649. The van der Waals surface area contributed by atoms with Crippen LogP contribution in [0.4, 0.5) is 11.8 Å². The number of hydrogen-bond donors (Lipinski definition) is 8. The fourth-order valence-electron chi connectivity index (χ4n) is 7.03. The molecule has 0 aliphatic heterocycles. The first-order chi connectivity index (χ1) is 36.0. The maximum Gasteiger partial charge on any atom is 0.246 e. The van der Waals surface area contributed by atoms with Crippen LogP contribution in [0.1, 0.15) is 75.8 Å². The Morgan fingerprint density at radius 3 is 2.03 bits per heavy atom. The number of benzene rings is 1. The third kappa shape index (κ3) is 25.4. The van der Waals surface area contributed by atoms with Gasteiger partial charge >= 0.3 is 0 Å². The molecule has 9 N–H and O–H groups in total. The Morgan fingerprint density at radius 2 is 1.35 bits per heavy atom. The summed E-state index contributed by atoms with van der Waals surface area (Å²) in [5.41, 5.74) is 9.29. The van der Waals surface area contributed by atoms with Gasteiger partial charge in [0.15, 0.2) is 5.82 Å². The van der Waals surface area contributed by atoms with Crippen LogP contribution < -0.4 is 47.7 Å². The quantitative estimate of drug-likeness (QED) is 0.0222. The van der Waals surface area contributed by atoms with Gasteiger partial charge in [0.25, 0.3) is 0 Å². The number of nitrogen functional groups attached to an aromatic ring is 1. The molecule has 0 saturated carbocycles. The summed E-state index contributed by atoms with van der Waals surface area (Å²) in [4.78, 5) is 81.6. The summed E-state index contributed by atoms with van der Waals surface area (Å²) in [7, 11) is 1.59. The zero-order chi connectivity index (χ0) is 53.0. The average molecular weight is 1040 g/mol. The Morgan fingerprint density at radius 1 is 0.703 bits per heavy atom. The van der Waals surface area contributed by atoms with Crippen molar-refractivity contribution in [3.05, 3.63) is 41.6 Å². The number of carbonyl (C=O) groups is 6. The van der Waals surface area contributed by atoms with Gasteiger partial charge in [0, 0.05) is 37.7 Å². The van der Waals surface area contributed by atoms with Crippen molar-refractivity contribution in [1.82, 2.24) is 46.4 Å². The van der Waals surface area contributed by atoms with Crippen molar-refractivity contribution < 1.29 is 61.9 Å². The van der Waals surface area contributed by atoms with Crippen LogP contribution in [0.25, 0.3) is 11.0 Å². The average Bonchev–Trinajstić information content (AvgIpc) is 3.79. The van der Waals surface area contributed by atoms with Crippen molar-refractivity contribution in [1.29, 1.82) is 0 Å². The lowest BCUT2D eigenvalue weighted by atomic mass is 10.1. The number of ether oxygens (including phenoxy) is 7. The number of carbonyl (C=O) groups excluding carboxylic acids is 6. The smallest absolute Gasteiger partial charge is 0.246 e. The first-order valence-corrected chi connectivity index (χ1v) is 25.2. The number of hydrogen-bond acceptors (Lipinski definition) is 17. The van der Waals surface area contributed by atoms with Gasteiger partial charge in [-0.25, -0.2) is 4.98 Å². The van der Waals surface area contributed by atoms with Gasteiger partial charge in [-0.05, 0) is 43.4 Å². The number of anilines is 2. The SMILES string of the molecule is CCCCCNc1nc(N)nc2ccn(Cc3ccc(COCNC(=O)CNC(=O)CNC(=O)CNC(=O)CNC(=O)CCOCCOCCOCCOCCNC(=O)COC4C#CCCCCC4)cc3OC)c12. The van der Waals surface area contributed by atoms with Crippen LogP contribution in [-0.4, -0.2) is 169 Å². The molecule has 4 rings (SSSR count). The second-order valence-corrected chi connectivity index (χ2v) is 16.9. The molecule has 1 aliphatic rings. The summed E-state index contributed by atoms with van der Waals surface area (Å²) in [5, 5.41) is 18.2. The van der Waals surface area contributed by atoms with Crippen LogP contribution in [0.15, 0.2) is 30.5 Å². The van der Waals surface area contributed by atoms with E-state index < -0.39 is 42.6 Å². The molecule has 2 aromatic heterocycles. The van der Waals surface area contributed by atoms with E-state index in [1.807, 2.05) is 35.0 Å². The fraction of sp³-hybridized carbons (Fsp3) is 0.600. The van der Waals surface area contributed by atoms with E-state index in [2.05, 4.69) is 66.0 Å². The van der Waals surface area contributed by atoms with Gasteiger partial charge in [-0.2, -0.15) is 4.98 Å². The molecular weight excluding hydrogens is 963 g/mol. The monoisotopic (exact) mass is 1040 g/mol. The van der Waals surface area contributed by atoms with E-state index in [1.165, 1.54) is 0 Å². The van der Waals surface area contributed by atoms with Gasteiger partial charge in [0.1, 0.15) is 30.7 Å². The van der Waals surface area contributed by atoms with Gasteiger partial charge < -0.3 is 80.7 Å². The van der Waals surface area contributed by atoms with Crippen molar-refractivity contribution in [2.45, 2.75) is 84.0 Å². The standard InChI is InChI=1S/C50H75N11O13/c1-3-4-10-17-53-49-48-40(59-50(51)60-49)15-19-61(48)33-38-14-13-37(28-41(38)68-2)34-73-36-58-46(66)32-57-45(65)31-56-44(64)30-55-43(63)29-54-42(62)16-20-69-22-24-71-26-27-72-25-23-70-21-18-52-47(67)35-74-39-11-8-6-5-7-9-12-39/h13-15,19,28,39H,3-8,10-11,16-18,20-27,29-36H2,1-2H3,(H,52,67)(H,54,62)(H,55,63)(H,56,64)(H,57,65)(H,58,66)(H3,51,53,59,60). The van der Waals surface area contributed by atoms with Gasteiger partial charge in [-0.1, -0.05) is 44.2 Å². The molecule has 408 valence electrons. The van der Waals surface area contributed by atoms with Crippen LogP contribution in [0, 0.1) is 11.8 Å². The minimum absolute atomic E-state index is 0.00968. The number of unbranched alkanes of at least 4 members (excludes halogenated alkanes) is 2. The lowest BCUT2D eigenvalue weighted by Gasteiger charge is -2.14.